The molecular weight excluding hydrogens is 212 g/mol. The minimum atomic E-state index is 0.358. The summed E-state index contributed by atoms with van der Waals surface area (Å²) in [4.78, 5) is 5.63. The molecule has 4 heteroatoms. The van der Waals surface area contributed by atoms with Crippen molar-refractivity contribution in [3.8, 4) is 0 Å². The Bertz CT molecular complexity index is 326. The molecule has 76 valence electrons. The van der Waals surface area contributed by atoms with Crippen molar-refractivity contribution in [1.29, 1.82) is 0 Å². The summed E-state index contributed by atoms with van der Waals surface area (Å²) in [6.07, 6.45) is 2.90. The van der Waals surface area contributed by atoms with Gasteiger partial charge in [0.1, 0.15) is 4.99 Å². The van der Waals surface area contributed by atoms with Crippen LogP contribution in [-0.2, 0) is 0 Å². The van der Waals surface area contributed by atoms with E-state index in [1.807, 2.05) is 23.9 Å². The quantitative estimate of drug-likeness (QED) is 0.633. The third kappa shape index (κ3) is 3.27. The maximum absolute atomic E-state index is 5.51. The highest BCUT2D eigenvalue weighted by atomic mass is 32.2. The number of rotatable bonds is 4. The fourth-order valence-corrected chi connectivity index (χ4v) is 2.00. The number of nitrogens with zero attached hydrogens (tertiary/aromatic N) is 1. The second-order valence-corrected chi connectivity index (χ2v) is 5.03. The molecule has 0 aliphatic rings. The van der Waals surface area contributed by atoms with Crippen LogP contribution in [0.3, 0.4) is 0 Å². The molecule has 0 saturated heterocycles. The van der Waals surface area contributed by atoms with Crippen LogP contribution >= 0.6 is 24.0 Å². The van der Waals surface area contributed by atoms with Crippen molar-refractivity contribution in [3.05, 3.63) is 24.0 Å². The first-order valence-corrected chi connectivity index (χ1v) is 5.84. The second kappa shape index (κ2) is 5.32. The Hall–Kier alpha value is -0.610. The van der Waals surface area contributed by atoms with Crippen molar-refractivity contribution in [2.75, 3.05) is 0 Å². The van der Waals surface area contributed by atoms with E-state index in [1.165, 1.54) is 4.90 Å². The van der Waals surface area contributed by atoms with Crippen molar-refractivity contribution in [1.82, 2.24) is 4.98 Å². The van der Waals surface area contributed by atoms with Gasteiger partial charge in [0.15, 0.2) is 0 Å². The molecule has 1 unspecified atom stereocenters. The van der Waals surface area contributed by atoms with E-state index in [0.717, 1.165) is 6.42 Å². The van der Waals surface area contributed by atoms with E-state index >= 15 is 0 Å². The molecule has 14 heavy (non-hydrogen) atoms. The minimum absolute atomic E-state index is 0.358. The summed E-state index contributed by atoms with van der Waals surface area (Å²) in [5.41, 5.74) is 6.21. The van der Waals surface area contributed by atoms with Gasteiger partial charge in [0, 0.05) is 16.3 Å². The molecule has 1 aromatic rings. The van der Waals surface area contributed by atoms with Crippen molar-refractivity contribution < 1.29 is 0 Å². The van der Waals surface area contributed by atoms with Crippen LogP contribution in [0.25, 0.3) is 0 Å². The lowest BCUT2D eigenvalue weighted by molar-refractivity contribution is 0.905. The Balaban J connectivity index is 2.78. The van der Waals surface area contributed by atoms with Crippen LogP contribution in [0.2, 0.25) is 0 Å². The van der Waals surface area contributed by atoms with Crippen LogP contribution in [-0.4, -0.2) is 15.2 Å². The van der Waals surface area contributed by atoms with Gasteiger partial charge in [-0.2, -0.15) is 0 Å². The minimum Gasteiger partial charge on any atom is -0.388 e. The first kappa shape index (κ1) is 11.5. The number of aromatic nitrogens is 1. The summed E-state index contributed by atoms with van der Waals surface area (Å²) in [6.45, 7) is 4.37. The fraction of sp³-hybridized carbons (Fsp3) is 0.400. The number of thioether (sulfide) groups is 1. The van der Waals surface area contributed by atoms with Gasteiger partial charge in [0.2, 0.25) is 0 Å². The molecular formula is C10H14N2S2. The zero-order valence-corrected chi connectivity index (χ0v) is 9.99. The van der Waals surface area contributed by atoms with Crippen LogP contribution in [0, 0.1) is 0 Å². The van der Waals surface area contributed by atoms with Crippen molar-refractivity contribution >= 4 is 29.0 Å². The molecule has 1 heterocycles. The Labute approximate surface area is 94.3 Å². The van der Waals surface area contributed by atoms with Crippen LogP contribution in [0.15, 0.2) is 23.2 Å². The maximum atomic E-state index is 5.51. The number of pyridine rings is 1. The molecule has 1 rings (SSSR count). The Morgan fingerprint density at radius 3 is 3.00 bits per heavy atom. The number of nitrogens with two attached hydrogens (primary N) is 1. The highest BCUT2D eigenvalue weighted by molar-refractivity contribution is 7.99. The molecule has 2 nitrogen and oxygen atoms in total. The lowest BCUT2D eigenvalue weighted by Gasteiger charge is -2.08. The fourth-order valence-electron chi connectivity index (χ4n) is 0.935. The molecule has 0 radical (unpaired) electrons. The molecule has 2 N–H and O–H groups in total. The normalized spacial score (nSPS) is 12.4. The molecule has 1 atom stereocenters. The third-order valence-electron chi connectivity index (χ3n) is 1.90. The van der Waals surface area contributed by atoms with E-state index in [1.54, 1.807) is 6.20 Å². The Morgan fingerprint density at radius 2 is 2.43 bits per heavy atom. The van der Waals surface area contributed by atoms with Gasteiger partial charge in [-0.25, -0.2) is 0 Å². The van der Waals surface area contributed by atoms with Gasteiger partial charge in [-0.15, -0.1) is 11.8 Å². The molecule has 0 aliphatic carbocycles. The maximum Gasteiger partial charge on any atom is 0.122 e. The van der Waals surface area contributed by atoms with Crippen LogP contribution in [0.4, 0.5) is 0 Å². The van der Waals surface area contributed by atoms with Crippen LogP contribution in [0.1, 0.15) is 26.0 Å². The largest absolute Gasteiger partial charge is 0.388 e. The molecule has 1 aromatic heterocycles. The Morgan fingerprint density at radius 1 is 1.71 bits per heavy atom. The van der Waals surface area contributed by atoms with Crippen molar-refractivity contribution in [2.24, 2.45) is 5.73 Å². The highest BCUT2D eigenvalue weighted by Gasteiger charge is 2.04. The lowest BCUT2D eigenvalue weighted by atomic mass is 10.3. The van der Waals surface area contributed by atoms with Crippen LogP contribution in [0.5, 0.6) is 0 Å². The van der Waals surface area contributed by atoms with E-state index in [-0.39, 0.29) is 0 Å². The average Bonchev–Trinajstić information content (AvgIpc) is 2.18. The first-order valence-electron chi connectivity index (χ1n) is 4.56. The van der Waals surface area contributed by atoms with Crippen molar-refractivity contribution in [2.45, 2.75) is 30.4 Å². The van der Waals surface area contributed by atoms with E-state index in [9.17, 15) is 0 Å². The first-order chi connectivity index (χ1) is 6.63. The second-order valence-electron chi connectivity index (χ2n) is 3.08. The van der Waals surface area contributed by atoms with E-state index in [4.69, 9.17) is 18.0 Å². The predicted octanol–water partition coefficient (Wildman–Crippen LogP) is 2.61. The smallest absolute Gasteiger partial charge is 0.122 e. The molecule has 0 bridgehead atoms. The number of thiocarbonyl (C=S) groups is 1. The number of hydrogen-bond acceptors (Lipinski definition) is 3. The van der Waals surface area contributed by atoms with Gasteiger partial charge in [-0.1, -0.05) is 26.1 Å². The monoisotopic (exact) mass is 226 g/mol. The van der Waals surface area contributed by atoms with Gasteiger partial charge >= 0.3 is 0 Å². The SMILES string of the molecule is CCC(C)Sc1ccnc(C(N)=S)c1. The van der Waals surface area contributed by atoms with Gasteiger partial charge in [-0.3, -0.25) is 4.98 Å². The van der Waals surface area contributed by atoms with Crippen LogP contribution < -0.4 is 5.73 Å². The average molecular weight is 226 g/mol. The summed E-state index contributed by atoms with van der Waals surface area (Å²) in [7, 11) is 0. The molecule has 0 amide bonds. The van der Waals surface area contributed by atoms with Gasteiger partial charge < -0.3 is 5.73 Å². The van der Waals surface area contributed by atoms with E-state index in [0.29, 0.717) is 15.9 Å². The molecule has 0 saturated carbocycles. The van der Waals surface area contributed by atoms with Crippen molar-refractivity contribution in [3.63, 3.8) is 0 Å². The molecule has 0 aliphatic heterocycles. The summed E-state index contributed by atoms with van der Waals surface area (Å²) in [5, 5.41) is 0.608. The topological polar surface area (TPSA) is 38.9 Å². The summed E-state index contributed by atoms with van der Waals surface area (Å²) < 4.78 is 0. The Kier molecular flexibility index (Phi) is 4.35. The zero-order valence-electron chi connectivity index (χ0n) is 8.36. The van der Waals surface area contributed by atoms with Gasteiger partial charge in [0.05, 0.1) is 5.69 Å². The molecule has 0 fully saturated rings. The lowest BCUT2D eigenvalue weighted by Crippen LogP contribution is -2.11. The summed E-state index contributed by atoms with van der Waals surface area (Å²) in [5.74, 6) is 0. The number of hydrogen-bond donors (Lipinski definition) is 1. The third-order valence-corrected chi connectivity index (χ3v) is 3.37. The zero-order chi connectivity index (χ0) is 10.6. The highest BCUT2D eigenvalue weighted by Crippen LogP contribution is 2.24. The van der Waals surface area contributed by atoms with E-state index in [2.05, 4.69) is 18.8 Å². The van der Waals surface area contributed by atoms with Gasteiger partial charge in [-0.05, 0) is 18.6 Å². The van der Waals surface area contributed by atoms with Gasteiger partial charge in [0.25, 0.3) is 0 Å². The van der Waals surface area contributed by atoms with E-state index < -0.39 is 0 Å². The summed E-state index contributed by atoms with van der Waals surface area (Å²) >= 11 is 6.69. The summed E-state index contributed by atoms with van der Waals surface area (Å²) in [6, 6.07) is 3.93. The predicted molar refractivity (Wildman–Crippen MR) is 65.7 cm³/mol. The molecule has 0 aromatic carbocycles. The molecule has 0 spiro atoms. The standard InChI is InChI=1S/C10H14N2S2/c1-3-7(2)14-8-4-5-12-9(6-8)10(11)13/h4-7H,3H2,1-2H3,(H2,11,13).